The number of alkyl halides is 1. The number of hydrogen-bond acceptors (Lipinski definition) is 2. The summed E-state index contributed by atoms with van der Waals surface area (Å²) in [5.74, 6) is -0.164. The topological polar surface area (TPSA) is 20.3 Å². The molecule has 20 heavy (non-hydrogen) atoms. The molecule has 0 aliphatic rings. The van der Waals surface area contributed by atoms with E-state index >= 15 is 0 Å². The second kappa shape index (κ2) is 7.32. The molecule has 1 aromatic heterocycles. The highest BCUT2D eigenvalue weighted by atomic mass is 35.5. The summed E-state index contributed by atoms with van der Waals surface area (Å²) in [6.45, 7) is 0.946. The summed E-state index contributed by atoms with van der Waals surface area (Å²) in [5.41, 5.74) is 0.853. The zero-order valence-electron chi connectivity index (χ0n) is 10.5. The van der Waals surface area contributed by atoms with Crippen molar-refractivity contribution >= 4 is 52.0 Å². The molecule has 0 N–H and O–H groups in total. The van der Waals surface area contributed by atoms with E-state index < -0.39 is 0 Å². The number of hydrogen-bond donors (Lipinski definition) is 0. The standard InChI is InChI=1S/C14H12Cl3NOS/c15-7-14(19)18(9-12-2-1-5-20-12)8-10-3-4-11(16)6-13(10)17/h1-6H,7-9H2. The Morgan fingerprint density at radius 3 is 2.60 bits per heavy atom. The van der Waals surface area contributed by atoms with Crippen molar-refractivity contribution in [2.24, 2.45) is 0 Å². The Morgan fingerprint density at radius 2 is 2.00 bits per heavy atom. The normalized spacial score (nSPS) is 10.6. The first kappa shape index (κ1) is 15.6. The average molecular weight is 349 g/mol. The quantitative estimate of drug-likeness (QED) is 0.709. The van der Waals surface area contributed by atoms with E-state index in [1.807, 2.05) is 23.6 Å². The molecule has 0 spiro atoms. The fraction of sp³-hybridized carbons (Fsp3) is 0.214. The minimum Gasteiger partial charge on any atom is -0.332 e. The summed E-state index contributed by atoms with van der Waals surface area (Å²) < 4.78 is 0. The van der Waals surface area contributed by atoms with Crippen molar-refractivity contribution in [1.29, 1.82) is 0 Å². The van der Waals surface area contributed by atoms with E-state index in [4.69, 9.17) is 34.8 Å². The molecular formula is C14H12Cl3NOS. The van der Waals surface area contributed by atoms with Gasteiger partial charge in [0.2, 0.25) is 5.91 Å². The van der Waals surface area contributed by atoms with Gasteiger partial charge in [0.25, 0.3) is 0 Å². The minimum absolute atomic E-state index is 0.0451. The summed E-state index contributed by atoms with van der Waals surface area (Å²) in [7, 11) is 0. The Bertz CT molecular complexity index is 586. The van der Waals surface area contributed by atoms with Crippen LogP contribution in [0.2, 0.25) is 10.0 Å². The van der Waals surface area contributed by atoms with Crippen LogP contribution in [0.25, 0.3) is 0 Å². The largest absolute Gasteiger partial charge is 0.332 e. The first-order valence-electron chi connectivity index (χ1n) is 5.90. The molecule has 2 rings (SSSR count). The van der Waals surface area contributed by atoms with Gasteiger partial charge in [-0.3, -0.25) is 4.79 Å². The van der Waals surface area contributed by atoms with E-state index in [1.54, 1.807) is 28.4 Å². The van der Waals surface area contributed by atoms with Crippen LogP contribution < -0.4 is 0 Å². The number of halogens is 3. The van der Waals surface area contributed by atoms with E-state index in [-0.39, 0.29) is 11.8 Å². The van der Waals surface area contributed by atoms with Gasteiger partial charge in [-0.05, 0) is 29.1 Å². The summed E-state index contributed by atoms with van der Waals surface area (Å²) in [4.78, 5) is 14.7. The van der Waals surface area contributed by atoms with Gasteiger partial charge in [0, 0.05) is 21.5 Å². The monoisotopic (exact) mass is 347 g/mol. The van der Waals surface area contributed by atoms with E-state index in [0.717, 1.165) is 10.4 Å². The van der Waals surface area contributed by atoms with Crippen molar-refractivity contribution in [3.8, 4) is 0 Å². The van der Waals surface area contributed by atoms with Crippen molar-refractivity contribution in [2.75, 3.05) is 5.88 Å². The Morgan fingerprint density at radius 1 is 1.20 bits per heavy atom. The van der Waals surface area contributed by atoms with Crippen LogP contribution in [0.5, 0.6) is 0 Å². The Balaban J connectivity index is 2.17. The third-order valence-electron chi connectivity index (χ3n) is 2.77. The number of amides is 1. The number of carbonyl (C=O) groups excluding carboxylic acids is 1. The lowest BCUT2D eigenvalue weighted by atomic mass is 10.2. The van der Waals surface area contributed by atoms with Crippen molar-refractivity contribution in [3.05, 3.63) is 56.2 Å². The molecule has 106 valence electrons. The SMILES string of the molecule is O=C(CCl)N(Cc1cccs1)Cc1ccc(Cl)cc1Cl. The lowest BCUT2D eigenvalue weighted by Crippen LogP contribution is -2.30. The van der Waals surface area contributed by atoms with E-state index in [2.05, 4.69) is 0 Å². The van der Waals surface area contributed by atoms with Gasteiger partial charge in [0.15, 0.2) is 0 Å². The fourth-order valence-electron chi connectivity index (χ4n) is 1.76. The summed E-state index contributed by atoms with van der Waals surface area (Å²) in [6, 6.07) is 9.21. The molecule has 1 amide bonds. The van der Waals surface area contributed by atoms with Gasteiger partial charge in [-0.1, -0.05) is 35.3 Å². The van der Waals surface area contributed by atoms with E-state index in [1.165, 1.54) is 0 Å². The molecule has 0 aliphatic heterocycles. The number of thiophene rings is 1. The smallest absolute Gasteiger partial charge is 0.238 e. The number of rotatable bonds is 5. The van der Waals surface area contributed by atoms with Crippen LogP contribution in [0, 0.1) is 0 Å². The van der Waals surface area contributed by atoms with Gasteiger partial charge in [-0.2, -0.15) is 0 Å². The van der Waals surface area contributed by atoms with E-state index in [0.29, 0.717) is 23.1 Å². The van der Waals surface area contributed by atoms with Gasteiger partial charge >= 0.3 is 0 Å². The highest BCUT2D eigenvalue weighted by Crippen LogP contribution is 2.23. The summed E-state index contributed by atoms with van der Waals surface area (Å²) >= 11 is 19.3. The second-order valence-corrected chi connectivity index (χ2v) is 6.34. The van der Waals surface area contributed by atoms with E-state index in [9.17, 15) is 4.79 Å². The third-order valence-corrected chi connectivity index (χ3v) is 4.45. The molecule has 0 saturated carbocycles. The van der Waals surface area contributed by atoms with Crippen LogP contribution in [-0.4, -0.2) is 16.7 Å². The molecule has 1 heterocycles. The maximum absolute atomic E-state index is 12.0. The van der Waals surface area contributed by atoms with Crippen molar-refractivity contribution < 1.29 is 4.79 Å². The summed E-state index contributed by atoms with van der Waals surface area (Å²) in [5, 5.41) is 3.11. The number of carbonyl (C=O) groups is 1. The third kappa shape index (κ3) is 4.13. The summed E-state index contributed by atoms with van der Waals surface area (Å²) in [6.07, 6.45) is 0. The molecule has 6 heteroatoms. The minimum atomic E-state index is -0.119. The predicted octanol–water partition coefficient (Wildman–Crippen LogP) is 4.82. The zero-order valence-corrected chi connectivity index (χ0v) is 13.6. The maximum atomic E-state index is 12.0. The Hall–Kier alpha value is -0.740. The van der Waals surface area contributed by atoms with Crippen LogP contribution in [0.15, 0.2) is 35.7 Å². The van der Waals surface area contributed by atoms with Gasteiger partial charge in [-0.15, -0.1) is 22.9 Å². The molecule has 0 unspecified atom stereocenters. The van der Waals surface area contributed by atoms with Crippen LogP contribution in [0.3, 0.4) is 0 Å². The maximum Gasteiger partial charge on any atom is 0.238 e. The Labute approximate surface area is 136 Å². The number of nitrogens with zero attached hydrogens (tertiary/aromatic N) is 1. The molecule has 0 atom stereocenters. The lowest BCUT2D eigenvalue weighted by molar-refractivity contribution is -0.129. The van der Waals surface area contributed by atoms with Crippen molar-refractivity contribution in [2.45, 2.75) is 13.1 Å². The van der Waals surface area contributed by atoms with Gasteiger partial charge < -0.3 is 4.90 Å². The predicted molar refractivity (Wildman–Crippen MR) is 85.8 cm³/mol. The fourth-order valence-corrected chi connectivity index (χ4v) is 3.12. The van der Waals surface area contributed by atoms with Crippen LogP contribution in [0.4, 0.5) is 0 Å². The molecule has 0 aliphatic carbocycles. The lowest BCUT2D eigenvalue weighted by Gasteiger charge is -2.22. The van der Waals surface area contributed by atoms with Crippen LogP contribution in [-0.2, 0) is 17.9 Å². The van der Waals surface area contributed by atoms with Gasteiger partial charge in [-0.25, -0.2) is 0 Å². The van der Waals surface area contributed by atoms with Gasteiger partial charge in [0.1, 0.15) is 5.88 Å². The molecular weight excluding hydrogens is 337 g/mol. The molecule has 2 aromatic rings. The molecule has 1 aromatic carbocycles. The molecule has 0 radical (unpaired) electrons. The zero-order chi connectivity index (χ0) is 14.5. The first-order valence-corrected chi connectivity index (χ1v) is 8.07. The van der Waals surface area contributed by atoms with Crippen molar-refractivity contribution in [3.63, 3.8) is 0 Å². The van der Waals surface area contributed by atoms with Crippen LogP contribution >= 0.6 is 46.1 Å². The highest BCUT2D eigenvalue weighted by molar-refractivity contribution is 7.09. The number of benzene rings is 1. The Kier molecular flexibility index (Phi) is 5.73. The van der Waals surface area contributed by atoms with Gasteiger partial charge in [0.05, 0.1) is 6.54 Å². The molecule has 0 saturated heterocycles. The average Bonchev–Trinajstić information content (AvgIpc) is 2.93. The molecule has 2 nitrogen and oxygen atoms in total. The highest BCUT2D eigenvalue weighted by Gasteiger charge is 2.15. The first-order chi connectivity index (χ1) is 9.60. The van der Waals surface area contributed by atoms with Crippen LogP contribution in [0.1, 0.15) is 10.4 Å². The molecule has 0 bridgehead atoms. The second-order valence-electron chi connectivity index (χ2n) is 4.20. The van der Waals surface area contributed by atoms with Crippen molar-refractivity contribution in [1.82, 2.24) is 4.90 Å². The molecule has 0 fully saturated rings.